The van der Waals surface area contributed by atoms with Gasteiger partial charge in [-0.1, -0.05) is 6.07 Å². The van der Waals surface area contributed by atoms with Gasteiger partial charge in [0, 0.05) is 31.9 Å². The minimum absolute atomic E-state index is 0.000540. The van der Waals surface area contributed by atoms with Gasteiger partial charge >= 0.3 is 0 Å². The maximum absolute atomic E-state index is 12.7. The Kier molecular flexibility index (Phi) is 6.04. The van der Waals surface area contributed by atoms with E-state index in [1.54, 1.807) is 29.2 Å². The van der Waals surface area contributed by atoms with Crippen LogP contribution in [-0.2, 0) is 14.3 Å². The molecule has 160 valence electrons. The van der Waals surface area contributed by atoms with Crippen LogP contribution >= 0.6 is 0 Å². The van der Waals surface area contributed by atoms with E-state index in [0.29, 0.717) is 49.8 Å². The number of carbonyl (C=O) groups excluding carboxylic acids is 2. The number of benzene rings is 1. The molecule has 1 spiro atoms. The molecule has 30 heavy (non-hydrogen) atoms. The number of nitrogens with one attached hydrogen (secondary N) is 1. The quantitative estimate of drug-likeness (QED) is 0.779. The van der Waals surface area contributed by atoms with Crippen molar-refractivity contribution >= 4 is 11.8 Å². The van der Waals surface area contributed by atoms with E-state index in [0.717, 1.165) is 26.1 Å². The molecule has 3 fully saturated rings. The number of likely N-dealkylation sites (N-methyl/N-ethyl adjacent to an activating group) is 1. The van der Waals surface area contributed by atoms with Crippen LogP contribution in [0.1, 0.15) is 28.8 Å². The van der Waals surface area contributed by atoms with Crippen molar-refractivity contribution in [3.8, 4) is 6.07 Å². The Balaban J connectivity index is 1.27. The average Bonchev–Trinajstić information content (AvgIpc) is 2.76. The normalized spacial score (nSPS) is 24.1. The number of hydrogen-bond acceptors (Lipinski definition) is 6. The molecule has 4 rings (SSSR count). The second-order valence-electron chi connectivity index (χ2n) is 8.58. The van der Waals surface area contributed by atoms with Gasteiger partial charge in [0.15, 0.2) is 0 Å². The van der Waals surface area contributed by atoms with Crippen molar-refractivity contribution < 1.29 is 19.1 Å². The molecule has 2 amide bonds. The molecule has 0 radical (unpaired) electrons. The van der Waals surface area contributed by atoms with Gasteiger partial charge in [-0.05, 0) is 44.0 Å². The minimum Gasteiger partial charge on any atom is -0.381 e. The van der Waals surface area contributed by atoms with Gasteiger partial charge < -0.3 is 19.7 Å². The molecule has 1 atom stereocenters. The van der Waals surface area contributed by atoms with Crippen molar-refractivity contribution in [2.24, 2.45) is 5.92 Å². The zero-order chi connectivity index (χ0) is 21.1. The Bertz CT molecular complexity index is 840. The number of ether oxygens (including phenoxy) is 2. The highest BCUT2D eigenvalue weighted by molar-refractivity contribution is 5.95. The second kappa shape index (κ2) is 8.72. The number of rotatable bonds is 4. The predicted molar refractivity (Wildman–Crippen MR) is 109 cm³/mol. The third-order valence-electron chi connectivity index (χ3n) is 6.31. The summed E-state index contributed by atoms with van der Waals surface area (Å²) in [6.07, 6.45) is 1.98. The highest BCUT2D eigenvalue weighted by Gasteiger charge is 2.51. The zero-order valence-corrected chi connectivity index (χ0v) is 17.3. The first-order valence-electron chi connectivity index (χ1n) is 10.5. The Morgan fingerprint density at radius 3 is 2.73 bits per heavy atom. The van der Waals surface area contributed by atoms with Gasteiger partial charge in [0.1, 0.15) is 11.6 Å². The molecule has 3 aliphatic rings. The Hall–Kier alpha value is -2.47. The number of likely N-dealkylation sites (tertiary alicyclic amines) is 1. The van der Waals surface area contributed by atoms with Crippen LogP contribution in [-0.4, -0.2) is 86.3 Å². The smallest absolute Gasteiger partial charge is 0.254 e. The molecule has 1 N–H and O–H groups in total. The zero-order valence-electron chi connectivity index (χ0n) is 17.3. The fraction of sp³-hybridized carbons (Fsp3) is 0.591. The molecule has 0 bridgehead atoms. The Morgan fingerprint density at radius 1 is 1.27 bits per heavy atom. The molecule has 1 aromatic carbocycles. The first-order chi connectivity index (χ1) is 14.5. The molecular weight excluding hydrogens is 384 g/mol. The lowest BCUT2D eigenvalue weighted by atomic mass is 9.89. The molecule has 1 aromatic rings. The van der Waals surface area contributed by atoms with Gasteiger partial charge in [0.25, 0.3) is 5.91 Å². The van der Waals surface area contributed by atoms with Gasteiger partial charge in [-0.2, -0.15) is 5.26 Å². The lowest BCUT2D eigenvalue weighted by Crippen LogP contribution is -2.73. The van der Waals surface area contributed by atoms with Crippen molar-refractivity contribution in [1.82, 2.24) is 15.1 Å². The molecule has 8 heteroatoms. The summed E-state index contributed by atoms with van der Waals surface area (Å²) in [7, 11) is 1.93. The van der Waals surface area contributed by atoms with E-state index in [4.69, 9.17) is 14.7 Å². The van der Waals surface area contributed by atoms with Crippen LogP contribution in [0, 0.1) is 17.2 Å². The second-order valence-corrected chi connectivity index (χ2v) is 8.58. The predicted octanol–water partition coefficient (Wildman–Crippen LogP) is 0.626. The van der Waals surface area contributed by atoms with E-state index in [9.17, 15) is 9.59 Å². The van der Waals surface area contributed by atoms with Gasteiger partial charge in [0.2, 0.25) is 5.91 Å². The summed E-state index contributed by atoms with van der Waals surface area (Å²) >= 11 is 0. The summed E-state index contributed by atoms with van der Waals surface area (Å²) in [5.74, 6) is 0.384. The molecule has 3 saturated heterocycles. The van der Waals surface area contributed by atoms with Crippen molar-refractivity contribution in [2.45, 2.75) is 24.5 Å². The van der Waals surface area contributed by atoms with Gasteiger partial charge in [-0.25, -0.2) is 0 Å². The minimum atomic E-state index is -0.422. The number of carbonyl (C=O) groups is 2. The number of amides is 2. The van der Waals surface area contributed by atoms with E-state index in [-0.39, 0.29) is 17.9 Å². The summed E-state index contributed by atoms with van der Waals surface area (Å²) in [5.41, 5.74) is 0.562. The van der Waals surface area contributed by atoms with Crippen LogP contribution in [0.25, 0.3) is 0 Å². The van der Waals surface area contributed by atoms with Crippen LogP contribution in [0.15, 0.2) is 24.3 Å². The van der Waals surface area contributed by atoms with Crippen LogP contribution in [0.2, 0.25) is 0 Å². The first-order valence-corrected chi connectivity index (χ1v) is 10.5. The van der Waals surface area contributed by atoms with E-state index in [1.165, 1.54) is 0 Å². The molecule has 0 unspecified atom stereocenters. The fourth-order valence-electron chi connectivity index (χ4n) is 4.47. The molecule has 3 aliphatic heterocycles. The topological polar surface area (TPSA) is 94.9 Å². The van der Waals surface area contributed by atoms with Crippen LogP contribution in [0.5, 0.6) is 0 Å². The number of nitriles is 1. The monoisotopic (exact) mass is 412 g/mol. The summed E-state index contributed by atoms with van der Waals surface area (Å²) in [6, 6.07) is 8.48. The van der Waals surface area contributed by atoms with Crippen LogP contribution in [0.3, 0.4) is 0 Å². The van der Waals surface area contributed by atoms with Crippen LogP contribution in [0.4, 0.5) is 0 Å². The van der Waals surface area contributed by atoms with Gasteiger partial charge in [-0.3, -0.25) is 14.5 Å². The molecule has 3 heterocycles. The van der Waals surface area contributed by atoms with E-state index in [1.807, 2.05) is 11.9 Å². The lowest BCUT2D eigenvalue weighted by Gasteiger charge is -2.54. The molecule has 0 aromatic heterocycles. The molecule has 0 saturated carbocycles. The number of nitrogens with zero attached hydrogens (tertiary/aromatic N) is 3. The third-order valence-corrected chi connectivity index (χ3v) is 6.31. The molecule has 0 aliphatic carbocycles. The fourth-order valence-corrected chi connectivity index (χ4v) is 4.47. The Morgan fingerprint density at radius 2 is 2.03 bits per heavy atom. The van der Waals surface area contributed by atoms with Crippen molar-refractivity contribution in [1.29, 1.82) is 5.26 Å². The molecular formula is C22H28N4O4. The Labute approximate surface area is 176 Å². The third kappa shape index (κ3) is 4.33. The van der Waals surface area contributed by atoms with E-state index in [2.05, 4.69) is 11.4 Å². The first kappa shape index (κ1) is 20.8. The van der Waals surface area contributed by atoms with E-state index < -0.39 is 5.60 Å². The van der Waals surface area contributed by atoms with Crippen LogP contribution < -0.4 is 5.32 Å². The average molecular weight is 412 g/mol. The van der Waals surface area contributed by atoms with E-state index >= 15 is 0 Å². The van der Waals surface area contributed by atoms with Crippen molar-refractivity contribution in [3.05, 3.63) is 35.4 Å². The summed E-state index contributed by atoms with van der Waals surface area (Å²) in [6.45, 7) is 4.12. The summed E-state index contributed by atoms with van der Waals surface area (Å²) in [5, 5.41) is 12.1. The lowest BCUT2D eigenvalue weighted by molar-refractivity contribution is -0.187. The standard InChI is InChI=1S/C22H28N4O4/c1-25-13-22(14-26(15-22)21(28)18-4-2-3-17(9-18)10-23)30-12-19(25)20(27)24-11-16-5-7-29-8-6-16/h2-4,9,16,19H,5-8,11-15H2,1H3,(H,24,27)/t19-/m1/s1. The summed E-state index contributed by atoms with van der Waals surface area (Å²) in [4.78, 5) is 29.1. The molecule has 8 nitrogen and oxygen atoms in total. The summed E-state index contributed by atoms with van der Waals surface area (Å²) < 4.78 is 11.5. The maximum atomic E-state index is 12.7. The largest absolute Gasteiger partial charge is 0.381 e. The highest BCUT2D eigenvalue weighted by Crippen LogP contribution is 2.31. The maximum Gasteiger partial charge on any atom is 0.254 e. The van der Waals surface area contributed by atoms with Gasteiger partial charge in [0.05, 0.1) is 31.3 Å². The SMILES string of the molecule is CN1CC2(CN(C(=O)c3cccc(C#N)c3)C2)OC[C@@H]1C(=O)NCC1CCOCC1. The van der Waals surface area contributed by atoms with Gasteiger partial charge in [-0.15, -0.1) is 0 Å². The number of hydrogen-bond donors (Lipinski definition) is 1. The van der Waals surface area contributed by atoms with Crippen molar-refractivity contribution in [3.63, 3.8) is 0 Å². The highest BCUT2D eigenvalue weighted by atomic mass is 16.5. The number of morpholine rings is 1. The van der Waals surface area contributed by atoms with Crippen molar-refractivity contribution in [2.75, 3.05) is 53.0 Å².